The highest BCUT2D eigenvalue weighted by Gasteiger charge is 2.52. The van der Waals surface area contributed by atoms with Gasteiger partial charge in [-0.05, 0) is 32.1 Å². The number of nitrogens with zero attached hydrogens (tertiary/aromatic N) is 1. The van der Waals surface area contributed by atoms with E-state index >= 15 is 0 Å². The molecule has 2 aliphatic carbocycles. The fraction of sp³-hybridized carbons (Fsp3) is 0.643. The van der Waals surface area contributed by atoms with Gasteiger partial charge in [-0.3, -0.25) is 9.59 Å². The fourth-order valence-corrected chi connectivity index (χ4v) is 4.92. The van der Waals surface area contributed by atoms with Crippen molar-refractivity contribution >= 4 is 34.2 Å². The van der Waals surface area contributed by atoms with Crippen molar-refractivity contribution in [2.75, 3.05) is 12.3 Å². The molecule has 1 N–H and O–H groups in total. The number of fused-ring (bicyclic) bond motifs is 1. The second kappa shape index (κ2) is 6.06. The number of thiazole rings is 1. The lowest BCUT2D eigenvalue weighted by molar-refractivity contribution is -0.122. The molecule has 0 aromatic carbocycles. The lowest BCUT2D eigenvalue weighted by Gasteiger charge is -2.10. The molecule has 2 aliphatic rings. The summed E-state index contributed by atoms with van der Waals surface area (Å²) in [6.07, 6.45) is 4.28. The van der Waals surface area contributed by atoms with Crippen LogP contribution in [0.2, 0.25) is 0 Å². The Balaban J connectivity index is 1.46. The molecule has 2 saturated carbocycles. The van der Waals surface area contributed by atoms with Crippen molar-refractivity contribution in [3.8, 4) is 0 Å². The number of carbonyl (C=O) groups excluding carboxylic acids is 2. The Bertz CT molecular complexity index is 560. The number of amides is 1. The van der Waals surface area contributed by atoms with E-state index in [-0.39, 0.29) is 11.8 Å². The Morgan fingerprint density at radius 3 is 3.05 bits per heavy atom. The highest BCUT2D eigenvalue weighted by Crippen LogP contribution is 2.52. The third-order valence-corrected chi connectivity index (χ3v) is 6.84. The second-order valence-electron chi connectivity index (χ2n) is 5.61. The summed E-state index contributed by atoms with van der Waals surface area (Å²) < 4.78 is 12.1. The van der Waals surface area contributed by atoms with E-state index in [1.165, 1.54) is 17.5 Å². The first-order chi connectivity index (χ1) is 10.1. The zero-order valence-electron chi connectivity index (χ0n) is 11.8. The summed E-state index contributed by atoms with van der Waals surface area (Å²) in [5, 5.41) is 2.83. The van der Waals surface area contributed by atoms with E-state index in [2.05, 4.69) is 10.3 Å². The quantitative estimate of drug-likeness (QED) is 0.805. The monoisotopic (exact) mass is 326 g/mol. The Labute approximate surface area is 130 Å². The number of Topliss-reactive ketones (excluding diaryl/α,β-unsaturated/α-hetero) is 1. The minimum atomic E-state index is -1.11. The van der Waals surface area contributed by atoms with E-state index in [4.69, 9.17) is 0 Å². The van der Waals surface area contributed by atoms with Crippen molar-refractivity contribution in [3.63, 3.8) is 0 Å². The fourth-order valence-electron chi connectivity index (χ4n) is 2.94. The highest BCUT2D eigenvalue weighted by atomic mass is 32.2. The molecule has 4 atom stereocenters. The summed E-state index contributed by atoms with van der Waals surface area (Å²) in [6, 6.07) is 0. The van der Waals surface area contributed by atoms with Crippen LogP contribution in [0.1, 0.15) is 35.9 Å². The first kappa shape index (κ1) is 15.0. The Hall–Kier alpha value is -0.920. The third-order valence-electron chi connectivity index (χ3n) is 4.22. The number of hydrogen-bond acceptors (Lipinski definition) is 5. The zero-order valence-corrected chi connectivity index (χ0v) is 13.5. The van der Waals surface area contributed by atoms with Crippen molar-refractivity contribution in [1.82, 2.24) is 10.3 Å². The van der Waals surface area contributed by atoms with Gasteiger partial charge in [0.15, 0.2) is 0 Å². The molecule has 7 heteroatoms. The number of ketones is 1. The van der Waals surface area contributed by atoms with Crippen molar-refractivity contribution < 1.29 is 14.1 Å². The summed E-state index contributed by atoms with van der Waals surface area (Å²) in [4.78, 5) is 28.3. The van der Waals surface area contributed by atoms with Crippen LogP contribution in [0, 0.1) is 17.8 Å². The highest BCUT2D eigenvalue weighted by molar-refractivity contribution is 7.93. The van der Waals surface area contributed by atoms with Crippen LogP contribution < -0.4 is 5.32 Å². The van der Waals surface area contributed by atoms with Crippen LogP contribution in [-0.4, -0.2) is 33.5 Å². The van der Waals surface area contributed by atoms with Gasteiger partial charge in [-0.25, -0.2) is 0 Å². The minimum absolute atomic E-state index is 0.138. The number of carbonyl (C=O) groups is 2. The molecule has 1 aromatic rings. The molecular formula is C14H18N2O3S2. The maximum atomic E-state index is 12.0. The van der Waals surface area contributed by atoms with Gasteiger partial charge in [0, 0.05) is 29.6 Å². The molecular weight excluding hydrogens is 308 g/mol. The van der Waals surface area contributed by atoms with Crippen molar-refractivity contribution in [2.24, 2.45) is 17.8 Å². The lowest BCUT2D eigenvalue weighted by Crippen LogP contribution is -2.26. The molecule has 114 valence electrons. The Kier molecular flexibility index (Phi) is 4.33. The van der Waals surface area contributed by atoms with Crippen LogP contribution in [0.15, 0.2) is 10.5 Å². The summed E-state index contributed by atoms with van der Waals surface area (Å²) in [5.74, 6) is 1.81. The molecule has 1 heterocycles. The van der Waals surface area contributed by atoms with Gasteiger partial charge in [0.05, 0.1) is 6.20 Å². The van der Waals surface area contributed by atoms with E-state index in [0.717, 1.165) is 19.3 Å². The summed E-state index contributed by atoms with van der Waals surface area (Å²) in [6.45, 7) is 2.33. The zero-order chi connectivity index (χ0) is 15.0. The molecule has 1 amide bonds. The minimum Gasteiger partial charge on any atom is -0.610 e. The third kappa shape index (κ3) is 3.14. The molecule has 0 saturated heterocycles. The van der Waals surface area contributed by atoms with Gasteiger partial charge in [-0.15, -0.1) is 0 Å². The van der Waals surface area contributed by atoms with Crippen molar-refractivity contribution in [1.29, 1.82) is 0 Å². The first-order valence-corrected chi connectivity index (χ1v) is 9.39. The number of nitrogens with one attached hydrogen (secondary N) is 1. The molecule has 4 unspecified atom stereocenters. The normalized spacial score (nSPS) is 28.3. The van der Waals surface area contributed by atoms with Gasteiger partial charge < -0.3 is 9.87 Å². The Morgan fingerprint density at radius 1 is 1.57 bits per heavy atom. The molecule has 0 spiro atoms. The van der Waals surface area contributed by atoms with Crippen LogP contribution in [0.5, 0.6) is 0 Å². The van der Waals surface area contributed by atoms with Crippen molar-refractivity contribution in [2.45, 2.75) is 30.5 Å². The molecule has 0 aliphatic heterocycles. The number of aromatic nitrogens is 1. The molecule has 5 nitrogen and oxygen atoms in total. The number of hydrogen-bond donors (Lipinski definition) is 1. The van der Waals surface area contributed by atoms with Gasteiger partial charge in [0.25, 0.3) is 5.91 Å². The van der Waals surface area contributed by atoms with Gasteiger partial charge in [-0.1, -0.05) is 11.3 Å². The van der Waals surface area contributed by atoms with Crippen LogP contribution >= 0.6 is 11.3 Å². The van der Waals surface area contributed by atoms with E-state index < -0.39 is 11.2 Å². The van der Waals surface area contributed by atoms with Crippen LogP contribution in [0.25, 0.3) is 0 Å². The standard InChI is InChI=1S/C14H18N2O3S2/c1-2-21(19)14-16-7-11(20-14)13(18)15-4-3-8-5-9-6-10(9)12(8)17/h7-10H,2-6H2,1H3,(H,15,18). The van der Waals surface area contributed by atoms with E-state index in [1.54, 1.807) is 0 Å². The molecule has 1 aromatic heterocycles. The second-order valence-corrected chi connectivity index (χ2v) is 8.55. The summed E-state index contributed by atoms with van der Waals surface area (Å²) in [7, 11) is 0. The Morgan fingerprint density at radius 2 is 2.38 bits per heavy atom. The van der Waals surface area contributed by atoms with Gasteiger partial charge in [0.1, 0.15) is 16.4 Å². The van der Waals surface area contributed by atoms with Gasteiger partial charge in [0.2, 0.25) is 0 Å². The van der Waals surface area contributed by atoms with Crippen LogP contribution in [0.3, 0.4) is 0 Å². The molecule has 0 radical (unpaired) electrons. The molecule has 2 fully saturated rings. The predicted molar refractivity (Wildman–Crippen MR) is 80.7 cm³/mol. The molecule has 3 rings (SSSR count). The first-order valence-electron chi connectivity index (χ1n) is 7.26. The molecule has 21 heavy (non-hydrogen) atoms. The summed E-state index contributed by atoms with van der Waals surface area (Å²) >= 11 is 0.0592. The van der Waals surface area contributed by atoms with Crippen LogP contribution in [0.4, 0.5) is 0 Å². The van der Waals surface area contributed by atoms with Gasteiger partial charge in [-0.2, -0.15) is 4.98 Å². The smallest absolute Gasteiger partial charge is 0.302 e. The average molecular weight is 326 g/mol. The average Bonchev–Trinajstić information content (AvgIpc) is 2.94. The SMILES string of the molecule is CC[S+]([O-])c1ncc(C(=O)NCCC2CC3CC3C2=O)s1. The summed E-state index contributed by atoms with van der Waals surface area (Å²) in [5.41, 5.74) is 0. The van der Waals surface area contributed by atoms with E-state index in [9.17, 15) is 14.1 Å². The number of rotatable bonds is 6. The molecule has 0 bridgehead atoms. The maximum absolute atomic E-state index is 12.0. The van der Waals surface area contributed by atoms with E-state index in [0.29, 0.717) is 39.1 Å². The largest absolute Gasteiger partial charge is 0.610 e. The van der Waals surface area contributed by atoms with Crippen molar-refractivity contribution in [3.05, 3.63) is 11.1 Å². The lowest BCUT2D eigenvalue weighted by atomic mass is 9.98. The predicted octanol–water partition coefficient (Wildman–Crippen LogP) is 1.62. The van der Waals surface area contributed by atoms with Gasteiger partial charge >= 0.3 is 4.34 Å². The van der Waals surface area contributed by atoms with E-state index in [1.807, 2.05) is 6.92 Å². The topological polar surface area (TPSA) is 82.1 Å². The van der Waals surface area contributed by atoms with Crippen LogP contribution in [-0.2, 0) is 16.0 Å². The maximum Gasteiger partial charge on any atom is 0.302 e.